The van der Waals surface area contributed by atoms with Crippen molar-refractivity contribution < 1.29 is 23.7 Å². The number of nitrogens with zero attached hydrogens (tertiary/aromatic N) is 5. The van der Waals surface area contributed by atoms with E-state index in [1.807, 2.05) is 11.9 Å². The van der Waals surface area contributed by atoms with Crippen LogP contribution >= 0.6 is 11.6 Å². The lowest BCUT2D eigenvalue weighted by molar-refractivity contribution is -0.0123. The molecule has 3 atom stereocenters. The van der Waals surface area contributed by atoms with Gasteiger partial charge in [0.1, 0.15) is 23.5 Å². The molecule has 0 aromatic carbocycles. The molecule has 2 saturated heterocycles. The summed E-state index contributed by atoms with van der Waals surface area (Å²) in [6, 6.07) is 0.175. The van der Waals surface area contributed by atoms with E-state index in [4.69, 9.17) is 25.8 Å². The van der Waals surface area contributed by atoms with Crippen molar-refractivity contribution in [1.29, 1.82) is 0 Å². The van der Waals surface area contributed by atoms with Gasteiger partial charge >= 0.3 is 6.01 Å². The fraction of sp³-hybridized carbons (Fsp3) is 0.650. The van der Waals surface area contributed by atoms with Crippen LogP contribution in [0.3, 0.4) is 0 Å². The Morgan fingerprint density at radius 1 is 1.42 bits per heavy atom. The molecule has 0 radical (unpaired) electrons. The maximum atomic E-state index is 14.8. The van der Waals surface area contributed by atoms with Gasteiger partial charge in [0, 0.05) is 32.4 Å². The molecule has 9 nitrogen and oxygen atoms in total. The summed E-state index contributed by atoms with van der Waals surface area (Å²) in [5, 5.41) is 10.7. The van der Waals surface area contributed by atoms with Crippen molar-refractivity contribution in [3.05, 3.63) is 17.2 Å². The summed E-state index contributed by atoms with van der Waals surface area (Å²) in [6.45, 7) is 4.14. The molecule has 0 spiro atoms. The number of anilines is 1. The predicted octanol–water partition coefficient (Wildman–Crippen LogP) is 1.50. The normalized spacial score (nSPS) is 27.6. The number of halogens is 2. The van der Waals surface area contributed by atoms with Crippen molar-refractivity contribution in [1.82, 2.24) is 19.9 Å². The first-order valence-electron chi connectivity index (χ1n) is 10.2. The van der Waals surface area contributed by atoms with E-state index in [1.54, 1.807) is 14.0 Å². The summed E-state index contributed by atoms with van der Waals surface area (Å²) in [7, 11) is 3.70. The van der Waals surface area contributed by atoms with Crippen LogP contribution in [0.1, 0.15) is 13.3 Å². The highest BCUT2D eigenvalue weighted by Gasteiger charge is 2.32. The molecule has 4 rings (SSSR count). The summed E-state index contributed by atoms with van der Waals surface area (Å²) >= 11 is 5.90. The Hall–Kier alpha value is -1.85. The first-order chi connectivity index (χ1) is 14.8. The van der Waals surface area contributed by atoms with Gasteiger partial charge < -0.3 is 24.2 Å². The van der Waals surface area contributed by atoms with E-state index in [2.05, 4.69) is 19.9 Å². The molecule has 170 valence electrons. The number of aromatic nitrogens is 3. The number of likely N-dealkylation sites (tertiary alicyclic amines) is 1. The number of hydrogen-bond donors (Lipinski definition) is 1. The molecule has 0 saturated carbocycles. The molecule has 2 aliphatic rings. The molecule has 4 heterocycles. The van der Waals surface area contributed by atoms with E-state index in [0.717, 1.165) is 13.0 Å². The molecule has 1 N–H and O–H groups in total. The van der Waals surface area contributed by atoms with Gasteiger partial charge in [-0.1, -0.05) is 11.6 Å². The second kappa shape index (κ2) is 8.95. The second-order valence-electron chi connectivity index (χ2n) is 8.42. The van der Waals surface area contributed by atoms with E-state index < -0.39 is 11.4 Å². The zero-order valence-corrected chi connectivity index (χ0v) is 18.6. The Bertz CT molecular complexity index is 949. The average molecular weight is 456 g/mol. The number of pyridine rings is 1. The van der Waals surface area contributed by atoms with Crippen molar-refractivity contribution >= 4 is 28.3 Å². The van der Waals surface area contributed by atoms with Gasteiger partial charge in [-0.2, -0.15) is 9.97 Å². The van der Waals surface area contributed by atoms with Gasteiger partial charge in [0.05, 0.1) is 31.2 Å². The molecular formula is C20H27ClFN5O4. The third kappa shape index (κ3) is 4.83. The van der Waals surface area contributed by atoms with Gasteiger partial charge in [0.15, 0.2) is 11.0 Å². The first kappa shape index (κ1) is 22.3. The third-order valence-corrected chi connectivity index (χ3v) is 6.00. The van der Waals surface area contributed by atoms with Gasteiger partial charge in [-0.05, 0) is 20.4 Å². The highest BCUT2D eigenvalue weighted by atomic mass is 35.5. The molecular weight excluding hydrogens is 429 g/mol. The molecule has 0 bridgehead atoms. The Balaban J connectivity index is 1.67. The van der Waals surface area contributed by atoms with E-state index in [0.29, 0.717) is 31.0 Å². The van der Waals surface area contributed by atoms with Crippen LogP contribution in [0, 0.1) is 5.82 Å². The van der Waals surface area contributed by atoms with E-state index in [1.165, 1.54) is 6.20 Å². The Labute approximate surface area is 185 Å². The van der Waals surface area contributed by atoms with Crippen molar-refractivity contribution in [2.45, 2.75) is 31.1 Å². The second-order valence-corrected chi connectivity index (χ2v) is 8.78. The topological polar surface area (TPSA) is 93.1 Å². The minimum absolute atomic E-state index is 0.0272. The van der Waals surface area contributed by atoms with Gasteiger partial charge in [0.2, 0.25) is 0 Å². The monoisotopic (exact) mass is 455 g/mol. The number of fused-ring (bicyclic) bond motifs is 1. The van der Waals surface area contributed by atoms with Crippen LogP contribution in [0.4, 0.5) is 10.2 Å². The minimum atomic E-state index is -1.09. The lowest BCUT2D eigenvalue weighted by Crippen LogP contribution is -2.42. The molecule has 0 aliphatic carbocycles. The number of β-amino-alcohol motifs (C(OH)–C–C–N with tert-alkyl or cyclic N) is 1. The van der Waals surface area contributed by atoms with Crippen molar-refractivity contribution in [2.24, 2.45) is 0 Å². The summed E-state index contributed by atoms with van der Waals surface area (Å²) in [5.74, 6) is -0.314. The zero-order valence-electron chi connectivity index (χ0n) is 17.8. The first-order valence-corrected chi connectivity index (χ1v) is 10.6. The molecule has 0 unspecified atom stereocenters. The SMILES string of the molecule is CO[C@@H]1C[C@@H](COc2nc(N3CCOC[C@@](C)(O)C3)c3cnc(Cl)c(F)c3n2)N(C)C1. The van der Waals surface area contributed by atoms with Crippen molar-refractivity contribution in [2.75, 3.05) is 58.5 Å². The highest BCUT2D eigenvalue weighted by Crippen LogP contribution is 2.31. The average Bonchev–Trinajstić information content (AvgIpc) is 3.00. The van der Waals surface area contributed by atoms with Crippen LogP contribution in [-0.4, -0.2) is 96.3 Å². The number of likely N-dealkylation sites (N-methyl/N-ethyl adjacent to an activating group) is 1. The van der Waals surface area contributed by atoms with Crippen molar-refractivity contribution in [3.63, 3.8) is 0 Å². The standard InChI is InChI=1S/C20H27ClFN5O4/c1-20(28)10-27(4-5-30-11-20)18-14-7-23-17(21)15(22)16(14)24-19(25-18)31-9-12-6-13(29-3)8-26(12)2/h7,12-13,28H,4-6,8-11H2,1-3H3/t12-,13+,20-/m0/s1. The van der Waals surface area contributed by atoms with Gasteiger partial charge in [-0.25, -0.2) is 9.37 Å². The molecule has 2 aromatic rings. The van der Waals surface area contributed by atoms with Crippen molar-refractivity contribution in [3.8, 4) is 6.01 Å². The summed E-state index contributed by atoms with van der Waals surface area (Å²) in [6.07, 6.45) is 2.41. The number of hydrogen-bond acceptors (Lipinski definition) is 9. The Kier molecular flexibility index (Phi) is 6.45. The van der Waals surface area contributed by atoms with Gasteiger partial charge in [0.25, 0.3) is 0 Å². The quantitative estimate of drug-likeness (QED) is 0.673. The lowest BCUT2D eigenvalue weighted by atomic mass is 10.1. The van der Waals surface area contributed by atoms with E-state index >= 15 is 0 Å². The fourth-order valence-corrected chi connectivity index (χ4v) is 4.19. The largest absolute Gasteiger partial charge is 0.462 e. The number of aliphatic hydroxyl groups is 1. The molecule has 0 amide bonds. The molecule has 2 aromatic heterocycles. The summed E-state index contributed by atoms with van der Waals surface area (Å²) in [4.78, 5) is 16.7. The fourth-order valence-electron chi connectivity index (χ4n) is 4.05. The molecule has 31 heavy (non-hydrogen) atoms. The lowest BCUT2D eigenvalue weighted by Gasteiger charge is -2.29. The zero-order chi connectivity index (χ0) is 22.2. The molecule has 2 fully saturated rings. The minimum Gasteiger partial charge on any atom is -0.462 e. The number of rotatable bonds is 5. The van der Waals surface area contributed by atoms with Crippen LogP contribution in [0.5, 0.6) is 6.01 Å². The molecule has 2 aliphatic heterocycles. The van der Waals surface area contributed by atoms with Gasteiger partial charge in [-0.3, -0.25) is 4.90 Å². The summed E-state index contributed by atoms with van der Waals surface area (Å²) in [5.41, 5.74) is -1.06. The highest BCUT2D eigenvalue weighted by molar-refractivity contribution is 6.30. The molecule has 11 heteroatoms. The van der Waals surface area contributed by atoms with Crippen LogP contribution in [0.2, 0.25) is 5.15 Å². The van der Waals surface area contributed by atoms with Gasteiger partial charge in [-0.15, -0.1) is 0 Å². The smallest absolute Gasteiger partial charge is 0.319 e. The van der Waals surface area contributed by atoms with Crippen LogP contribution in [0.25, 0.3) is 10.9 Å². The summed E-state index contributed by atoms with van der Waals surface area (Å²) < 4.78 is 31.6. The maximum absolute atomic E-state index is 14.8. The predicted molar refractivity (Wildman–Crippen MR) is 113 cm³/mol. The third-order valence-electron chi connectivity index (χ3n) is 5.74. The van der Waals surface area contributed by atoms with Crippen LogP contribution in [0.15, 0.2) is 6.20 Å². The van der Waals surface area contributed by atoms with Crippen LogP contribution in [-0.2, 0) is 9.47 Å². The number of methoxy groups -OCH3 is 1. The maximum Gasteiger partial charge on any atom is 0.319 e. The number of ether oxygens (including phenoxy) is 3. The Morgan fingerprint density at radius 3 is 2.97 bits per heavy atom. The van der Waals surface area contributed by atoms with E-state index in [9.17, 15) is 9.50 Å². The van der Waals surface area contributed by atoms with Crippen LogP contribution < -0.4 is 9.64 Å². The Morgan fingerprint density at radius 2 is 2.23 bits per heavy atom. The van der Waals surface area contributed by atoms with E-state index in [-0.39, 0.29) is 42.0 Å².